The van der Waals surface area contributed by atoms with Crippen molar-refractivity contribution in [2.45, 2.75) is 6.92 Å². The van der Waals surface area contributed by atoms with Crippen molar-refractivity contribution in [1.29, 1.82) is 0 Å². The van der Waals surface area contributed by atoms with Crippen molar-refractivity contribution in [1.82, 2.24) is 5.32 Å². The van der Waals surface area contributed by atoms with E-state index in [9.17, 15) is 4.79 Å². The van der Waals surface area contributed by atoms with E-state index in [1.54, 1.807) is 25.2 Å². The van der Waals surface area contributed by atoms with E-state index in [2.05, 4.69) is 27.8 Å². The highest BCUT2D eigenvalue weighted by Gasteiger charge is 2.08. The number of hydrogen-bond acceptors (Lipinski definition) is 3. The standard InChI is InChI=1S/C13H16BrNO2/c1-9(2)8-17-13-5-4-10(6-11(13)14)12(16)7-15-3/h4-6,15H,1,7-8H2,2-3H3. The monoisotopic (exact) mass is 297 g/mol. The van der Waals surface area contributed by atoms with E-state index in [1.165, 1.54) is 0 Å². The predicted octanol–water partition coefficient (Wildman–Crippen LogP) is 2.81. The Labute approximate surface area is 110 Å². The lowest BCUT2D eigenvalue weighted by atomic mass is 10.1. The molecule has 0 unspecified atom stereocenters. The molecule has 92 valence electrons. The van der Waals surface area contributed by atoms with Crippen molar-refractivity contribution in [3.63, 3.8) is 0 Å². The van der Waals surface area contributed by atoms with E-state index >= 15 is 0 Å². The molecule has 0 atom stereocenters. The summed E-state index contributed by atoms with van der Waals surface area (Å²) in [6.07, 6.45) is 0. The Bertz CT molecular complexity index is 429. The van der Waals surface area contributed by atoms with Gasteiger partial charge in [0.1, 0.15) is 12.4 Å². The molecule has 0 fully saturated rings. The molecule has 0 spiro atoms. The van der Waals surface area contributed by atoms with E-state index in [1.807, 2.05) is 6.92 Å². The highest BCUT2D eigenvalue weighted by atomic mass is 79.9. The average Bonchev–Trinajstić information content (AvgIpc) is 2.27. The molecule has 0 amide bonds. The zero-order valence-electron chi connectivity index (χ0n) is 10.0. The van der Waals surface area contributed by atoms with E-state index in [4.69, 9.17) is 4.74 Å². The molecule has 0 aromatic heterocycles. The minimum absolute atomic E-state index is 0.0552. The molecular formula is C13H16BrNO2. The lowest BCUT2D eigenvalue weighted by molar-refractivity contribution is 0.0993. The van der Waals surface area contributed by atoms with Crippen LogP contribution in [0.5, 0.6) is 5.75 Å². The summed E-state index contributed by atoms with van der Waals surface area (Å²) in [6.45, 7) is 6.48. The van der Waals surface area contributed by atoms with Crippen LogP contribution in [0, 0.1) is 0 Å². The number of carbonyl (C=O) groups excluding carboxylic acids is 1. The summed E-state index contributed by atoms with van der Waals surface area (Å²) >= 11 is 3.39. The molecule has 4 heteroatoms. The van der Waals surface area contributed by atoms with Gasteiger partial charge in [-0.1, -0.05) is 6.58 Å². The highest BCUT2D eigenvalue weighted by molar-refractivity contribution is 9.10. The molecule has 0 bridgehead atoms. The Morgan fingerprint density at radius 3 is 2.76 bits per heavy atom. The van der Waals surface area contributed by atoms with Crippen LogP contribution in [-0.2, 0) is 0 Å². The number of halogens is 1. The van der Waals surface area contributed by atoms with Gasteiger partial charge in [-0.25, -0.2) is 0 Å². The average molecular weight is 298 g/mol. The largest absolute Gasteiger partial charge is 0.488 e. The molecule has 0 radical (unpaired) electrons. The molecular weight excluding hydrogens is 282 g/mol. The van der Waals surface area contributed by atoms with E-state index in [-0.39, 0.29) is 5.78 Å². The second kappa shape index (κ2) is 6.57. The fourth-order valence-electron chi connectivity index (χ4n) is 1.25. The van der Waals surface area contributed by atoms with Gasteiger partial charge in [-0.2, -0.15) is 0 Å². The first kappa shape index (κ1) is 13.9. The van der Waals surface area contributed by atoms with Crippen LogP contribution in [0.3, 0.4) is 0 Å². The SMILES string of the molecule is C=C(C)COc1ccc(C(=O)CNC)cc1Br. The van der Waals surface area contributed by atoms with Crippen molar-refractivity contribution >= 4 is 21.7 Å². The van der Waals surface area contributed by atoms with Gasteiger partial charge in [-0.05, 0) is 53.7 Å². The smallest absolute Gasteiger partial charge is 0.176 e. The lowest BCUT2D eigenvalue weighted by Gasteiger charge is -2.09. The van der Waals surface area contributed by atoms with Crippen LogP contribution in [0.2, 0.25) is 0 Å². The molecule has 17 heavy (non-hydrogen) atoms. The van der Waals surface area contributed by atoms with Crippen molar-refractivity contribution in [2.24, 2.45) is 0 Å². The van der Waals surface area contributed by atoms with Crippen molar-refractivity contribution in [2.75, 3.05) is 20.2 Å². The second-order valence-corrected chi connectivity index (χ2v) is 4.70. The molecule has 0 heterocycles. The summed E-state index contributed by atoms with van der Waals surface area (Å²) < 4.78 is 6.30. The highest BCUT2D eigenvalue weighted by Crippen LogP contribution is 2.26. The number of rotatable bonds is 6. The first-order valence-electron chi connectivity index (χ1n) is 5.29. The van der Waals surface area contributed by atoms with Crippen LogP contribution in [0.15, 0.2) is 34.8 Å². The molecule has 0 aliphatic carbocycles. The fourth-order valence-corrected chi connectivity index (χ4v) is 1.75. The van der Waals surface area contributed by atoms with Crippen LogP contribution in [0.25, 0.3) is 0 Å². The van der Waals surface area contributed by atoms with Gasteiger partial charge in [0.2, 0.25) is 0 Å². The second-order valence-electron chi connectivity index (χ2n) is 3.84. The zero-order chi connectivity index (χ0) is 12.8. The van der Waals surface area contributed by atoms with Crippen molar-refractivity contribution in [3.8, 4) is 5.75 Å². The van der Waals surface area contributed by atoms with Crippen LogP contribution in [0.1, 0.15) is 17.3 Å². The molecule has 1 N–H and O–H groups in total. The molecule has 1 rings (SSSR count). The maximum absolute atomic E-state index is 11.6. The molecule has 0 aliphatic heterocycles. The van der Waals surface area contributed by atoms with Crippen LogP contribution in [0.4, 0.5) is 0 Å². The Morgan fingerprint density at radius 2 is 2.24 bits per heavy atom. The first-order valence-corrected chi connectivity index (χ1v) is 6.08. The Kier molecular flexibility index (Phi) is 5.38. The normalized spacial score (nSPS) is 10.1. The molecule has 0 aliphatic rings. The topological polar surface area (TPSA) is 38.3 Å². The summed E-state index contributed by atoms with van der Waals surface area (Å²) in [5.74, 6) is 0.772. The Morgan fingerprint density at radius 1 is 1.53 bits per heavy atom. The van der Waals surface area contributed by atoms with Gasteiger partial charge in [0, 0.05) is 5.56 Å². The zero-order valence-corrected chi connectivity index (χ0v) is 11.6. The maximum atomic E-state index is 11.6. The first-order chi connectivity index (χ1) is 8.04. The van der Waals surface area contributed by atoms with E-state index in [0.29, 0.717) is 24.5 Å². The van der Waals surface area contributed by atoms with Crippen molar-refractivity contribution in [3.05, 3.63) is 40.4 Å². The third kappa shape index (κ3) is 4.32. The van der Waals surface area contributed by atoms with E-state index < -0.39 is 0 Å². The number of benzene rings is 1. The number of ether oxygens (including phenoxy) is 1. The maximum Gasteiger partial charge on any atom is 0.176 e. The van der Waals surface area contributed by atoms with Gasteiger partial charge < -0.3 is 10.1 Å². The number of Topliss-reactive ketones (excluding diaryl/α,β-unsaturated/α-hetero) is 1. The van der Waals surface area contributed by atoms with Crippen LogP contribution < -0.4 is 10.1 Å². The number of carbonyl (C=O) groups is 1. The number of hydrogen-bond donors (Lipinski definition) is 1. The third-order valence-electron chi connectivity index (χ3n) is 2.07. The number of nitrogens with one attached hydrogen (secondary N) is 1. The van der Waals surface area contributed by atoms with E-state index in [0.717, 1.165) is 10.0 Å². The summed E-state index contributed by atoms with van der Waals surface area (Å²) in [6, 6.07) is 5.32. The summed E-state index contributed by atoms with van der Waals surface area (Å²) in [7, 11) is 1.75. The van der Waals surface area contributed by atoms with Crippen LogP contribution >= 0.6 is 15.9 Å². The minimum Gasteiger partial charge on any atom is -0.488 e. The third-order valence-corrected chi connectivity index (χ3v) is 2.68. The lowest BCUT2D eigenvalue weighted by Crippen LogP contribution is -2.18. The summed E-state index contributed by atoms with van der Waals surface area (Å²) in [5, 5.41) is 2.83. The van der Waals surface area contributed by atoms with Gasteiger partial charge in [0.25, 0.3) is 0 Å². The molecule has 0 saturated carbocycles. The molecule has 0 saturated heterocycles. The van der Waals surface area contributed by atoms with Crippen LogP contribution in [-0.4, -0.2) is 26.0 Å². The summed E-state index contributed by atoms with van der Waals surface area (Å²) in [5.41, 5.74) is 1.61. The number of ketones is 1. The van der Waals surface area contributed by atoms with Crippen molar-refractivity contribution < 1.29 is 9.53 Å². The molecule has 3 nitrogen and oxygen atoms in total. The Balaban J connectivity index is 2.78. The molecule has 1 aromatic carbocycles. The van der Waals surface area contributed by atoms with Gasteiger partial charge in [-0.15, -0.1) is 0 Å². The number of likely N-dealkylation sites (N-methyl/N-ethyl adjacent to an activating group) is 1. The minimum atomic E-state index is 0.0552. The van der Waals surface area contributed by atoms with Gasteiger partial charge >= 0.3 is 0 Å². The Hall–Kier alpha value is -1.13. The van der Waals surface area contributed by atoms with Gasteiger partial charge in [-0.3, -0.25) is 4.79 Å². The van der Waals surface area contributed by atoms with Gasteiger partial charge in [0.05, 0.1) is 11.0 Å². The fraction of sp³-hybridized carbons (Fsp3) is 0.308. The molecule has 1 aromatic rings. The van der Waals surface area contributed by atoms with Gasteiger partial charge in [0.15, 0.2) is 5.78 Å². The predicted molar refractivity (Wildman–Crippen MR) is 72.7 cm³/mol. The summed E-state index contributed by atoms with van der Waals surface area (Å²) in [4.78, 5) is 11.6. The quantitative estimate of drug-likeness (QED) is 0.648.